The highest BCUT2D eigenvalue weighted by Crippen LogP contribution is 2.45. The zero-order valence-electron chi connectivity index (χ0n) is 21.2. The molecule has 3 aromatic carbocycles. The van der Waals surface area contributed by atoms with Gasteiger partial charge in [0.25, 0.3) is 5.91 Å². The number of aliphatic hydroxyl groups is 1. The Balaban J connectivity index is 1.50. The molecule has 7 nitrogen and oxygen atoms in total. The second-order valence-corrected chi connectivity index (χ2v) is 9.34. The van der Waals surface area contributed by atoms with Gasteiger partial charge in [0.05, 0.1) is 24.3 Å². The predicted molar refractivity (Wildman–Crippen MR) is 141 cm³/mol. The molecule has 38 heavy (non-hydrogen) atoms. The van der Waals surface area contributed by atoms with E-state index in [1.54, 1.807) is 56.3 Å². The number of carbonyl (C=O) groups excluding carboxylic acids is 2. The summed E-state index contributed by atoms with van der Waals surface area (Å²) in [5, 5.41) is 17.0. The van der Waals surface area contributed by atoms with Crippen LogP contribution >= 0.6 is 0 Å². The number of aliphatic hydroxyl groups excluding tert-OH is 1. The molecule has 0 saturated carbocycles. The zero-order valence-corrected chi connectivity index (χ0v) is 21.2. The number of allylic oxidation sites excluding steroid dienone is 1. The van der Waals surface area contributed by atoms with E-state index in [2.05, 4.69) is 5.10 Å². The van der Waals surface area contributed by atoms with Crippen LogP contribution in [-0.4, -0.2) is 29.6 Å². The number of hydrogen-bond donors (Lipinski definition) is 1. The molecular weight excluding hydrogens is 487 g/mol. The van der Waals surface area contributed by atoms with Gasteiger partial charge in [0.15, 0.2) is 17.3 Å². The summed E-state index contributed by atoms with van der Waals surface area (Å²) >= 11 is 0. The first kappa shape index (κ1) is 25.4. The van der Waals surface area contributed by atoms with E-state index in [9.17, 15) is 19.1 Å². The molecule has 5 rings (SSSR count). The van der Waals surface area contributed by atoms with Crippen LogP contribution in [0.2, 0.25) is 0 Å². The Kier molecular flexibility index (Phi) is 6.82. The van der Waals surface area contributed by atoms with Crippen LogP contribution in [0.5, 0.6) is 11.5 Å². The highest BCUT2D eigenvalue weighted by Gasteiger charge is 2.43. The third kappa shape index (κ3) is 4.48. The molecule has 3 atom stereocenters. The summed E-state index contributed by atoms with van der Waals surface area (Å²) < 4.78 is 25.1. The van der Waals surface area contributed by atoms with Crippen molar-refractivity contribution in [1.82, 2.24) is 0 Å². The molecule has 0 spiro atoms. The molecule has 0 aromatic heterocycles. The van der Waals surface area contributed by atoms with Crippen LogP contribution in [-0.2, 0) is 9.59 Å². The van der Waals surface area contributed by atoms with Gasteiger partial charge in [0, 0.05) is 23.6 Å². The number of nitrogens with zero attached hydrogens (tertiary/aromatic N) is 2. The number of para-hydroxylation sites is 2. The second kappa shape index (κ2) is 10.2. The number of Topliss-reactive ketones (excluding diaryl/α,β-unsaturated/α-hetero) is 1. The zero-order chi connectivity index (χ0) is 27.0. The summed E-state index contributed by atoms with van der Waals surface area (Å²) in [4.78, 5) is 27.4. The van der Waals surface area contributed by atoms with E-state index in [0.29, 0.717) is 34.0 Å². The minimum Gasteiger partial charge on any atom is -0.493 e. The Morgan fingerprint density at radius 3 is 2.47 bits per heavy atom. The molecule has 0 saturated heterocycles. The summed E-state index contributed by atoms with van der Waals surface area (Å²) in [7, 11) is 1.50. The van der Waals surface area contributed by atoms with Gasteiger partial charge in [-0.1, -0.05) is 42.5 Å². The van der Waals surface area contributed by atoms with E-state index < -0.39 is 23.8 Å². The van der Waals surface area contributed by atoms with E-state index in [4.69, 9.17) is 9.47 Å². The van der Waals surface area contributed by atoms with E-state index in [1.165, 1.54) is 24.3 Å². The Bertz CT molecular complexity index is 1450. The second-order valence-electron chi connectivity index (χ2n) is 9.34. The molecule has 1 N–H and O–H groups in total. The molecule has 2 aliphatic heterocycles. The number of amides is 1. The van der Waals surface area contributed by atoms with E-state index in [-0.39, 0.29) is 29.4 Å². The summed E-state index contributed by atoms with van der Waals surface area (Å²) in [6.07, 6.45) is -1.35. The quantitative estimate of drug-likeness (QED) is 0.461. The van der Waals surface area contributed by atoms with Gasteiger partial charge in [-0.05, 0) is 49.7 Å². The first-order valence-electron chi connectivity index (χ1n) is 12.3. The third-order valence-electron chi connectivity index (χ3n) is 7.02. The number of fused-ring (bicyclic) bond motifs is 1. The van der Waals surface area contributed by atoms with Gasteiger partial charge in [-0.3, -0.25) is 9.59 Å². The van der Waals surface area contributed by atoms with Gasteiger partial charge in [0.2, 0.25) is 0 Å². The fourth-order valence-electron chi connectivity index (χ4n) is 5.17. The molecule has 3 aromatic rings. The number of halogens is 1. The maximum absolute atomic E-state index is 13.8. The number of methoxy groups -OCH3 is 1. The number of carbonyl (C=O) groups is 2. The molecule has 0 radical (unpaired) electrons. The van der Waals surface area contributed by atoms with E-state index in [1.807, 2.05) is 18.2 Å². The molecule has 1 amide bonds. The normalized spacial score (nSPS) is 19.6. The van der Waals surface area contributed by atoms with Crippen molar-refractivity contribution >= 4 is 23.1 Å². The molecule has 194 valence electrons. The number of benzene rings is 3. The summed E-state index contributed by atoms with van der Waals surface area (Å²) in [6.45, 7) is 3.36. The van der Waals surface area contributed by atoms with E-state index >= 15 is 0 Å². The molecule has 0 fully saturated rings. The third-order valence-corrected chi connectivity index (χ3v) is 7.02. The van der Waals surface area contributed by atoms with Gasteiger partial charge in [-0.25, -0.2) is 9.40 Å². The van der Waals surface area contributed by atoms with Gasteiger partial charge < -0.3 is 14.6 Å². The van der Waals surface area contributed by atoms with Crippen LogP contribution in [0.1, 0.15) is 43.4 Å². The lowest BCUT2D eigenvalue weighted by molar-refractivity contribution is -0.121. The molecule has 3 unspecified atom stereocenters. The largest absolute Gasteiger partial charge is 0.493 e. The van der Waals surface area contributed by atoms with Crippen molar-refractivity contribution < 1.29 is 28.6 Å². The lowest BCUT2D eigenvalue weighted by Crippen LogP contribution is -2.33. The Hall–Kier alpha value is -4.30. The number of ketones is 1. The Morgan fingerprint density at radius 2 is 1.79 bits per heavy atom. The molecule has 2 heterocycles. The van der Waals surface area contributed by atoms with Crippen molar-refractivity contribution in [2.45, 2.75) is 32.3 Å². The minimum absolute atomic E-state index is 0.109. The average Bonchev–Trinajstić information content (AvgIpc) is 3.21. The maximum atomic E-state index is 13.8. The first-order chi connectivity index (χ1) is 18.3. The van der Waals surface area contributed by atoms with Crippen molar-refractivity contribution in [3.8, 4) is 11.5 Å². The lowest BCUT2D eigenvalue weighted by atomic mass is 9.78. The number of hydrogen-bond acceptors (Lipinski definition) is 6. The fraction of sp³-hybridized carbons (Fsp3) is 0.233. The van der Waals surface area contributed by atoms with Crippen LogP contribution in [0.25, 0.3) is 0 Å². The molecule has 2 aliphatic rings. The Morgan fingerprint density at radius 1 is 1.08 bits per heavy atom. The monoisotopic (exact) mass is 514 g/mol. The van der Waals surface area contributed by atoms with Crippen LogP contribution < -0.4 is 14.5 Å². The summed E-state index contributed by atoms with van der Waals surface area (Å²) in [5.41, 5.74) is 2.31. The predicted octanol–water partition coefficient (Wildman–Crippen LogP) is 5.32. The molecule has 0 aliphatic carbocycles. The van der Waals surface area contributed by atoms with Crippen LogP contribution in [0.15, 0.2) is 89.2 Å². The number of ether oxygens (including phenoxy) is 2. The SMILES string of the molecule is COc1cccc2c1OC(C)=C(C(=O)CC(c1ccc(F)cc1)C1C(=O)N(c3ccccc3)N=C1C)C2O. The highest BCUT2D eigenvalue weighted by molar-refractivity contribution is 6.16. The summed E-state index contributed by atoms with van der Waals surface area (Å²) in [6, 6.07) is 19.9. The van der Waals surface area contributed by atoms with Crippen molar-refractivity contribution in [3.05, 3.63) is 101 Å². The summed E-state index contributed by atoms with van der Waals surface area (Å²) in [5.74, 6) is -1.42. The van der Waals surface area contributed by atoms with Crippen molar-refractivity contribution in [2.24, 2.45) is 11.0 Å². The number of anilines is 1. The van der Waals surface area contributed by atoms with Gasteiger partial charge in [-0.15, -0.1) is 0 Å². The highest BCUT2D eigenvalue weighted by atomic mass is 19.1. The van der Waals surface area contributed by atoms with Gasteiger partial charge in [0.1, 0.15) is 17.7 Å². The fourth-order valence-corrected chi connectivity index (χ4v) is 5.17. The molecule has 0 bridgehead atoms. The van der Waals surface area contributed by atoms with Crippen molar-refractivity contribution in [3.63, 3.8) is 0 Å². The lowest BCUT2D eigenvalue weighted by Gasteiger charge is -2.29. The standard InChI is InChI=1S/C30H27FN2O5/c1-17-26(30(36)33(32-17)21-8-5-4-6-9-21)23(19-12-14-20(31)15-13-19)16-24(34)27-18(2)38-29-22(28(27)35)10-7-11-25(29)37-3/h4-15,23,26,28,35H,16H2,1-3H3. The maximum Gasteiger partial charge on any atom is 0.256 e. The molecular formula is C30H27FN2O5. The smallest absolute Gasteiger partial charge is 0.256 e. The van der Waals surface area contributed by atoms with Crippen LogP contribution in [0, 0.1) is 11.7 Å². The van der Waals surface area contributed by atoms with Gasteiger partial charge in [-0.2, -0.15) is 5.10 Å². The number of hydrazone groups is 1. The van der Waals surface area contributed by atoms with Crippen molar-refractivity contribution in [1.29, 1.82) is 0 Å². The van der Waals surface area contributed by atoms with Crippen LogP contribution in [0.3, 0.4) is 0 Å². The van der Waals surface area contributed by atoms with Gasteiger partial charge >= 0.3 is 0 Å². The number of rotatable bonds is 7. The topological polar surface area (TPSA) is 88.4 Å². The first-order valence-corrected chi connectivity index (χ1v) is 12.3. The molecule has 8 heteroatoms. The van der Waals surface area contributed by atoms with Crippen LogP contribution in [0.4, 0.5) is 10.1 Å². The van der Waals surface area contributed by atoms with E-state index in [0.717, 1.165) is 0 Å². The Labute approximate surface area is 219 Å². The van der Waals surface area contributed by atoms with Crippen molar-refractivity contribution in [2.75, 3.05) is 12.1 Å². The minimum atomic E-state index is -1.23. The average molecular weight is 515 g/mol.